The Kier molecular flexibility index (Phi) is 13.1. The quantitative estimate of drug-likeness (QED) is 0.0946. The van der Waals surface area contributed by atoms with E-state index in [1.807, 2.05) is 63.3 Å². The number of carbonyl (C=O) groups excluding carboxylic acids is 1. The molecule has 0 saturated heterocycles. The van der Waals surface area contributed by atoms with E-state index in [2.05, 4.69) is 50.1 Å². The van der Waals surface area contributed by atoms with Crippen LogP contribution in [0.5, 0.6) is 0 Å². The van der Waals surface area contributed by atoms with Gasteiger partial charge in [0.25, 0.3) is 0 Å². The minimum Gasteiger partial charge on any atom is -0.385 e. The van der Waals surface area contributed by atoms with Crippen molar-refractivity contribution >= 4 is 39.3 Å². The molecule has 9 heteroatoms. The molecule has 1 aliphatic rings. The van der Waals surface area contributed by atoms with Crippen LogP contribution >= 0.6 is 0 Å². The third-order valence-electron chi connectivity index (χ3n) is 8.54. The second-order valence-electron chi connectivity index (χ2n) is 13.1. The van der Waals surface area contributed by atoms with Gasteiger partial charge < -0.3 is 19.3 Å². The summed E-state index contributed by atoms with van der Waals surface area (Å²) in [6, 6.07) is 10.9. The number of ketones is 1. The number of fused-ring (bicyclic) bond motifs is 1. The number of carbonyl (C=O) groups is 1. The third kappa shape index (κ3) is 9.35. The van der Waals surface area contributed by atoms with E-state index in [4.69, 9.17) is 0 Å². The summed E-state index contributed by atoms with van der Waals surface area (Å²) in [6.07, 6.45) is 14.4. The second-order valence-corrected chi connectivity index (χ2v) is 15.0. The van der Waals surface area contributed by atoms with E-state index in [1.165, 1.54) is 0 Å². The van der Waals surface area contributed by atoms with E-state index in [0.717, 1.165) is 67.0 Å². The fourth-order valence-corrected chi connectivity index (χ4v) is 6.64. The van der Waals surface area contributed by atoms with Crippen LogP contribution < -0.4 is 10.2 Å². The average Bonchev–Trinajstić information content (AvgIpc) is 3.19. The van der Waals surface area contributed by atoms with Crippen LogP contribution in [0.2, 0.25) is 0 Å². The van der Waals surface area contributed by atoms with Gasteiger partial charge in [-0.1, -0.05) is 72.3 Å². The SMILES string of the molecule is CCNc1ccc(S(=O)O)cc1C(C)(C)C/C=C/C=C/C=C1/N(CCCCCC(=O)C(C)C)c2ccc(S(=O)O)cc2C1(C)C. The standard InChI is InChI=1S/C36H50N2O5S2/c1-8-37-31-20-18-27(44(40)41)24-29(31)35(4,5)22-14-10-9-13-17-34-36(6,7)30-25-28(45(42)43)19-21-32(30)38(34)23-15-11-12-16-33(39)26(2)3/h9-10,13-14,17-21,24-26,37H,8,11-12,15-16,22-23H2,1-7H3,(H,40,41)(H,42,43)/b13-9+,14-10+,34-17+. The van der Waals surface area contributed by atoms with E-state index < -0.39 is 22.2 Å². The smallest absolute Gasteiger partial charge is 0.186 e. The van der Waals surface area contributed by atoms with Gasteiger partial charge in [0, 0.05) is 47.9 Å². The summed E-state index contributed by atoms with van der Waals surface area (Å²) < 4.78 is 43.0. The molecule has 1 heterocycles. The number of nitrogens with zero attached hydrogens (tertiary/aromatic N) is 1. The lowest BCUT2D eigenvalue weighted by Gasteiger charge is -2.27. The van der Waals surface area contributed by atoms with Gasteiger partial charge >= 0.3 is 0 Å². The summed E-state index contributed by atoms with van der Waals surface area (Å²) in [4.78, 5) is 15.1. The fourth-order valence-electron chi connectivity index (χ4n) is 5.84. The van der Waals surface area contributed by atoms with Crippen LogP contribution in [0.1, 0.15) is 91.7 Å². The maximum Gasteiger partial charge on any atom is 0.186 e. The maximum atomic E-state index is 12.0. The molecule has 0 fully saturated rings. The molecule has 2 aromatic carbocycles. The summed E-state index contributed by atoms with van der Waals surface area (Å²) in [5, 5.41) is 3.37. The van der Waals surface area contributed by atoms with Crippen LogP contribution in [0.4, 0.5) is 11.4 Å². The molecule has 0 aliphatic carbocycles. The average molecular weight is 655 g/mol. The predicted molar refractivity (Wildman–Crippen MR) is 188 cm³/mol. The number of anilines is 2. The van der Waals surface area contributed by atoms with E-state index in [1.54, 1.807) is 12.1 Å². The first-order chi connectivity index (χ1) is 21.2. The van der Waals surface area contributed by atoms with Crippen LogP contribution in [0.3, 0.4) is 0 Å². The lowest BCUT2D eigenvalue weighted by molar-refractivity contribution is -0.122. The lowest BCUT2D eigenvalue weighted by Crippen LogP contribution is -2.27. The predicted octanol–water partition coefficient (Wildman–Crippen LogP) is 8.53. The number of allylic oxidation sites excluding steroid dienone is 6. The van der Waals surface area contributed by atoms with Crippen molar-refractivity contribution in [1.82, 2.24) is 0 Å². The van der Waals surface area contributed by atoms with Crippen LogP contribution in [-0.2, 0) is 37.8 Å². The molecule has 0 aromatic heterocycles. The van der Waals surface area contributed by atoms with Gasteiger partial charge in [0.05, 0.1) is 9.79 Å². The minimum absolute atomic E-state index is 0.0730. The number of hydrogen-bond acceptors (Lipinski definition) is 5. The highest BCUT2D eigenvalue weighted by Gasteiger charge is 2.40. The van der Waals surface area contributed by atoms with Gasteiger partial charge in [-0.3, -0.25) is 4.79 Å². The van der Waals surface area contributed by atoms with Crippen molar-refractivity contribution in [3.05, 3.63) is 83.6 Å². The van der Waals surface area contributed by atoms with Gasteiger partial charge in [-0.05, 0) is 85.2 Å². The normalized spacial score (nSPS) is 17.0. The second kappa shape index (κ2) is 16.1. The highest BCUT2D eigenvalue weighted by molar-refractivity contribution is 7.79. The number of hydrogen-bond donors (Lipinski definition) is 3. The summed E-state index contributed by atoms with van der Waals surface area (Å²) in [5.41, 5.74) is 4.52. The lowest BCUT2D eigenvalue weighted by atomic mass is 9.80. The molecular formula is C36H50N2O5S2. The molecule has 7 nitrogen and oxygen atoms in total. The van der Waals surface area contributed by atoms with Crippen molar-refractivity contribution in [3.8, 4) is 0 Å². The summed E-state index contributed by atoms with van der Waals surface area (Å²) in [7, 11) is 0. The van der Waals surface area contributed by atoms with Crippen LogP contribution in [0, 0.1) is 5.92 Å². The molecule has 0 radical (unpaired) electrons. The molecule has 0 amide bonds. The van der Waals surface area contributed by atoms with Gasteiger partial charge in [-0.15, -0.1) is 0 Å². The summed E-state index contributed by atoms with van der Waals surface area (Å²) in [6.45, 7) is 16.0. The zero-order valence-corrected chi connectivity index (χ0v) is 29.4. The molecule has 3 N–H and O–H groups in total. The molecule has 0 bridgehead atoms. The zero-order chi connectivity index (χ0) is 33.4. The van der Waals surface area contributed by atoms with Gasteiger partial charge in [-0.25, -0.2) is 8.42 Å². The van der Waals surface area contributed by atoms with Crippen molar-refractivity contribution in [3.63, 3.8) is 0 Å². The molecule has 2 atom stereocenters. The third-order valence-corrected chi connectivity index (χ3v) is 9.86. The van der Waals surface area contributed by atoms with Crippen LogP contribution in [-0.4, -0.2) is 36.4 Å². The maximum absolute atomic E-state index is 12.0. The Bertz CT molecular complexity index is 1490. The van der Waals surface area contributed by atoms with Gasteiger partial charge in [-0.2, -0.15) is 0 Å². The van der Waals surface area contributed by atoms with E-state index in [9.17, 15) is 22.3 Å². The molecule has 1 aliphatic heterocycles. The monoisotopic (exact) mass is 654 g/mol. The zero-order valence-electron chi connectivity index (χ0n) is 27.8. The molecule has 2 unspecified atom stereocenters. The first-order valence-corrected chi connectivity index (χ1v) is 18.0. The number of benzene rings is 2. The molecular weight excluding hydrogens is 605 g/mol. The van der Waals surface area contributed by atoms with Crippen LogP contribution in [0.25, 0.3) is 0 Å². The van der Waals surface area contributed by atoms with Gasteiger partial charge in [0.2, 0.25) is 0 Å². The summed E-state index contributed by atoms with van der Waals surface area (Å²) >= 11 is -4.10. The molecule has 2 aromatic rings. The molecule has 0 spiro atoms. The Labute approximate surface area is 274 Å². The molecule has 45 heavy (non-hydrogen) atoms. The Morgan fingerprint density at radius 3 is 2.29 bits per heavy atom. The topological polar surface area (TPSA) is 107 Å². The highest BCUT2D eigenvalue weighted by atomic mass is 32.2. The van der Waals surface area contributed by atoms with Crippen molar-refractivity contribution < 1.29 is 22.3 Å². The Hall–Kier alpha value is -2.85. The number of Topliss-reactive ketones (excluding diaryl/α,β-unsaturated/α-hetero) is 1. The van der Waals surface area contributed by atoms with Crippen LogP contribution in [0.15, 0.2) is 82.3 Å². The van der Waals surface area contributed by atoms with Crippen molar-refractivity contribution in [2.75, 3.05) is 23.3 Å². The first kappa shape index (κ1) is 36.6. The first-order valence-electron chi connectivity index (χ1n) is 15.8. The Morgan fingerprint density at radius 1 is 0.978 bits per heavy atom. The van der Waals surface area contributed by atoms with E-state index >= 15 is 0 Å². The number of unbranched alkanes of at least 4 members (excludes halogenated alkanes) is 2. The van der Waals surface area contributed by atoms with E-state index in [0.29, 0.717) is 22.0 Å². The largest absolute Gasteiger partial charge is 0.385 e. The number of rotatable bonds is 16. The van der Waals surface area contributed by atoms with Crippen molar-refractivity contribution in [2.45, 2.75) is 101 Å². The minimum atomic E-state index is -2.06. The number of nitrogens with one attached hydrogen (secondary N) is 1. The van der Waals surface area contributed by atoms with Gasteiger partial charge in [0.1, 0.15) is 5.78 Å². The van der Waals surface area contributed by atoms with Gasteiger partial charge in [0.15, 0.2) is 22.2 Å². The highest BCUT2D eigenvalue weighted by Crippen LogP contribution is 2.48. The summed E-state index contributed by atoms with van der Waals surface area (Å²) in [5.74, 6) is 0.381. The van der Waals surface area contributed by atoms with E-state index in [-0.39, 0.29) is 16.7 Å². The van der Waals surface area contributed by atoms with Crippen molar-refractivity contribution in [1.29, 1.82) is 0 Å². The Balaban J connectivity index is 1.79. The fraction of sp³-hybridized carbons (Fsp3) is 0.472. The van der Waals surface area contributed by atoms with Crippen molar-refractivity contribution in [2.24, 2.45) is 5.92 Å². The Morgan fingerprint density at radius 2 is 1.64 bits per heavy atom. The molecule has 0 saturated carbocycles. The molecule has 246 valence electrons. The molecule has 3 rings (SSSR count).